The van der Waals surface area contributed by atoms with Crippen molar-refractivity contribution in [2.24, 2.45) is 0 Å². The average molecular weight is 400 g/mol. The van der Waals surface area contributed by atoms with Gasteiger partial charge < -0.3 is 15.5 Å². The van der Waals surface area contributed by atoms with Gasteiger partial charge in [-0.1, -0.05) is 18.2 Å². The van der Waals surface area contributed by atoms with Crippen molar-refractivity contribution in [2.75, 3.05) is 31.7 Å². The second-order valence-electron chi connectivity index (χ2n) is 6.48. The Bertz CT molecular complexity index is 883. The summed E-state index contributed by atoms with van der Waals surface area (Å²) in [5.41, 5.74) is 3.33. The molecule has 0 radical (unpaired) electrons. The zero-order valence-corrected chi connectivity index (χ0v) is 17.4. The first kappa shape index (κ1) is 21.5. The van der Waals surface area contributed by atoms with E-state index in [0.717, 1.165) is 16.0 Å². The smallest absolute Gasteiger partial charge is 0.251 e. The molecule has 0 bridgehead atoms. The molecule has 2 aromatic carbocycles. The van der Waals surface area contributed by atoms with Gasteiger partial charge in [0.15, 0.2) is 0 Å². The third kappa shape index (κ3) is 5.85. The van der Waals surface area contributed by atoms with E-state index in [1.165, 1.54) is 23.7 Å². The van der Waals surface area contributed by atoms with Crippen LogP contribution in [0.25, 0.3) is 0 Å². The van der Waals surface area contributed by atoms with Gasteiger partial charge in [0.2, 0.25) is 11.8 Å². The van der Waals surface area contributed by atoms with Crippen molar-refractivity contribution in [3.8, 4) is 0 Å². The van der Waals surface area contributed by atoms with Crippen LogP contribution in [0.1, 0.15) is 21.5 Å². The summed E-state index contributed by atoms with van der Waals surface area (Å²) in [5, 5.41) is 5.41. The number of nitrogens with zero attached hydrogens (tertiary/aromatic N) is 1. The van der Waals surface area contributed by atoms with Crippen molar-refractivity contribution in [1.82, 2.24) is 10.2 Å². The van der Waals surface area contributed by atoms with Gasteiger partial charge in [0.1, 0.15) is 0 Å². The monoisotopic (exact) mass is 399 g/mol. The lowest BCUT2D eigenvalue weighted by Gasteiger charge is -2.18. The maximum atomic E-state index is 12.2. The highest BCUT2D eigenvalue weighted by Crippen LogP contribution is 2.24. The summed E-state index contributed by atoms with van der Waals surface area (Å²) in [4.78, 5) is 38.9. The third-order valence-corrected chi connectivity index (χ3v) is 5.15. The van der Waals surface area contributed by atoms with Crippen LogP contribution in [0.2, 0.25) is 0 Å². The predicted octanol–water partition coefficient (Wildman–Crippen LogP) is 2.85. The van der Waals surface area contributed by atoms with Crippen LogP contribution in [0.15, 0.2) is 47.4 Å². The van der Waals surface area contributed by atoms with Gasteiger partial charge in [-0.2, -0.15) is 0 Å². The molecule has 7 heteroatoms. The molecule has 0 aromatic heterocycles. The first-order valence-electron chi connectivity index (χ1n) is 8.84. The Hall–Kier alpha value is -2.80. The molecule has 0 saturated heterocycles. The molecular formula is C21H25N3O3S. The Morgan fingerprint density at radius 1 is 1.04 bits per heavy atom. The van der Waals surface area contributed by atoms with E-state index in [1.807, 2.05) is 50.4 Å². The first-order valence-corrected chi connectivity index (χ1v) is 10.1. The fourth-order valence-electron chi connectivity index (χ4n) is 2.52. The van der Waals surface area contributed by atoms with Crippen LogP contribution in [0, 0.1) is 13.8 Å². The van der Waals surface area contributed by atoms with Gasteiger partial charge >= 0.3 is 0 Å². The van der Waals surface area contributed by atoms with Gasteiger partial charge in [0, 0.05) is 17.5 Å². The number of nitrogens with one attached hydrogen (secondary N) is 2. The summed E-state index contributed by atoms with van der Waals surface area (Å²) < 4.78 is 0. The topological polar surface area (TPSA) is 78.5 Å². The summed E-state index contributed by atoms with van der Waals surface area (Å²) in [6.07, 6.45) is 1.93. The van der Waals surface area contributed by atoms with E-state index in [0.29, 0.717) is 11.3 Å². The molecule has 0 fully saturated rings. The van der Waals surface area contributed by atoms with Gasteiger partial charge in [-0.15, -0.1) is 11.8 Å². The predicted molar refractivity (Wildman–Crippen MR) is 113 cm³/mol. The lowest BCUT2D eigenvalue weighted by atomic mass is 10.1. The molecule has 2 N–H and O–H groups in total. The minimum Gasteiger partial charge on any atom is -0.343 e. The molecule has 3 amide bonds. The molecule has 2 aromatic rings. The number of thioether (sulfide) groups is 1. The van der Waals surface area contributed by atoms with Crippen LogP contribution in [0.5, 0.6) is 0 Å². The number of likely N-dealkylation sites (N-methyl/N-ethyl adjacent to an activating group) is 1. The van der Waals surface area contributed by atoms with Gasteiger partial charge in [-0.05, 0) is 55.5 Å². The number of anilines is 1. The molecule has 148 valence electrons. The average Bonchev–Trinajstić information content (AvgIpc) is 2.68. The summed E-state index contributed by atoms with van der Waals surface area (Å²) >= 11 is 1.53. The Morgan fingerprint density at radius 3 is 2.43 bits per heavy atom. The Labute approximate surface area is 169 Å². The highest BCUT2D eigenvalue weighted by Gasteiger charge is 2.15. The molecule has 0 unspecified atom stereocenters. The van der Waals surface area contributed by atoms with Crippen LogP contribution >= 0.6 is 11.8 Å². The lowest BCUT2D eigenvalue weighted by Crippen LogP contribution is -2.41. The van der Waals surface area contributed by atoms with Crippen molar-refractivity contribution in [1.29, 1.82) is 0 Å². The Kier molecular flexibility index (Phi) is 7.63. The number of para-hydroxylation sites is 1. The number of amides is 3. The molecule has 0 heterocycles. The maximum absolute atomic E-state index is 12.2. The number of aryl methyl sites for hydroxylation is 2. The van der Waals surface area contributed by atoms with Crippen LogP contribution in [0.3, 0.4) is 0 Å². The molecule has 28 heavy (non-hydrogen) atoms. The van der Waals surface area contributed by atoms with E-state index in [1.54, 1.807) is 12.1 Å². The van der Waals surface area contributed by atoms with E-state index in [4.69, 9.17) is 0 Å². The standard InChI is InChI=1S/C21H25N3O3S/c1-14-9-10-16(11-15(14)2)21(27)22-12-20(26)24(3)13-19(25)23-17-7-5-6-8-18(17)28-4/h5-11H,12-13H2,1-4H3,(H,22,27)(H,23,25). The normalized spacial score (nSPS) is 10.3. The van der Waals surface area contributed by atoms with Gasteiger partial charge in [0.25, 0.3) is 5.91 Å². The Morgan fingerprint density at radius 2 is 1.75 bits per heavy atom. The fraction of sp³-hybridized carbons (Fsp3) is 0.286. The molecular weight excluding hydrogens is 374 g/mol. The van der Waals surface area contributed by atoms with E-state index in [-0.39, 0.29) is 30.8 Å². The fourth-order valence-corrected chi connectivity index (χ4v) is 3.07. The lowest BCUT2D eigenvalue weighted by molar-refractivity contribution is -0.132. The quantitative estimate of drug-likeness (QED) is 0.702. The SMILES string of the molecule is CSc1ccccc1NC(=O)CN(C)C(=O)CNC(=O)c1ccc(C)c(C)c1. The van der Waals surface area contributed by atoms with Crippen molar-refractivity contribution in [3.05, 3.63) is 59.2 Å². The zero-order chi connectivity index (χ0) is 20.7. The third-order valence-electron chi connectivity index (χ3n) is 4.36. The van der Waals surface area contributed by atoms with E-state index in [9.17, 15) is 14.4 Å². The molecule has 0 aliphatic heterocycles. The number of carbonyl (C=O) groups is 3. The Balaban J connectivity index is 1.85. The largest absolute Gasteiger partial charge is 0.343 e. The maximum Gasteiger partial charge on any atom is 0.251 e. The summed E-state index contributed by atoms with van der Waals surface area (Å²) in [6.45, 7) is 3.63. The van der Waals surface area contributed by atoms with Crippen molar-refractivity contribution < 1.29 is 14.4 Å². The van der Waals surface area contributed by atoms with Crippen LogP contribution in [-0.4, -0.2) is 49.0 Å². The van der Waals surface area contributed by atoms with Gasteiger partial charge in [-0.25, -0.2) is 0 Å². The molecule has 0 aliphatic rings. The second-order valence-corrected chi connectivity index (χ2v) is 7.33. The molecule has 6 nitrogen and oxygen atoms in total. The molecule has 0 atom stereocenters. The second kappa shape index (κ2) is 9.94. The number of benzene rings is 2. The summed E-state index contributed by atoms with van der Waals surface area (Å²) in [6, 6.07) is 12.8. The number of hydrogen-bond donors (Lipinski definition) is 2. The van der Waals surface area contributed by atoms with Crippen molar-refractivity contribution >= 4 is 35.2 Å². The molecule has 0 aliphatic carbocycles. The number of carbonyl (C=O) groups excluding carboxylic acids is 3. The summed E-state index contributed by atoms with van der Waals surface area (Å²) in [5.74, 6) is -0.952. The van der Waals surface area contributed by atoms with E-state index in [2.05, 4.69) is 10.6 Å². The van der Waals surface area contributed by atoms with Crippen molar-refractivity contribution in [3.63, 3.8) is 0 Å². The van der Waals surface area contributed by atoms with Crippen LogP contribution in [0.4, 0.5) is 5.69 Å². The minimum absolute atomic E-state index is 0.0962. The molecule has 2 rings (SSSR count). The highest BCUT2D eigenvalue weighted by atomic mass is 32.2. The molecule has 0 spiro atoms. The van der Waals surface area contributed by atoms with Crippen LogP contribution in [-0.2, 0) is 9.59 Å². The summed E-state index contributed by atoms with van der Waals surface area (Å²) in [7, 11) is 1.53. The molecule has 0 saturated carbocycles. The van der Waals surface area contributed by atoms with Gasteiger partial charge in [-0.3, -0.25) is 14.4 Å². The first-order chi connectivity index (χ1) is 13.3. The number of rotatable bonds is 7. The number of hydrogen-bond acceptors (Lipinski definition) is 4. The zero-order valence-electron chi connectivity index (χ0n) is 16.5. The van der Waals surface area contributed by atoms with E-state index < -0.39 is 0 Å². The van der Waals surface area contributed by atoms with E-state index >= 15 is 0 Å². The van der Waals surface area contributed by atoms with Crippen LogP contribution < -0.4 is 10.6 Å². The highest BCUT2D eigenvalue weighted by molar-refractivity contribution is 7.98. The van der Waals surface area contributed by atoms with Crippen molar-refractivity contribution in [2.45, 2.75) is 18.7 Å². The van der Waals surface area contributed by atoms with Gasteiger partial charge in [0.05, 0.1) is 18.8 Å². The minimum atomic E-state index is -0.342.